The van der Waals surface area contributed by atoms with E-state index in [0.717, 1.165) is 22.3 Å². The maximum absolute atomic E-state index is 10.9. The number of furan rings is 1. The molecule has 0 aliphatic rings. The van der Waals surface area contributed by atoms with E-state index >= 15 is 0 Å². The van der Waals surface area contributed by atoms with Crippen LogP contribution in [0.15, 0.2) is 46.9 Å². The van der Waals surface area contributed by atoms with Gasteiger partial charge in [-0.2, -0.15) is 0 Å². The molecule has 3 aromatic rings. The number of hydrogen-bond donors (Lipinski definition) is 0. The Hall–Kier alpha value is -2.82. The minimum atomic E-state index is -0.399. The molecule has 0 radical (unpaired) electrons. The van der Waals surface area contributed by atoms with Gasteiger partial charge in [0.2, 0.25) is 0 Å². The van der Waals surface area contributed by atoms with Crippen LogP contribution in [0.4, 0.5) is 5.69 Å². The van der Waals surface area contributed by atoms with Crippen LogP contribution in [0, 0.1) is 17.0 Å². The summed E-state index contributed by atoms with van der Waals surface area (Å²) in [6.45, 7) is 1.85. The smallest absolute Gasteiger partial charge is 0.270 e. The van der Waals surface area contributed by atoms with Crippen molar-refractivity contribution in [1.82, 2.24) is 0 Å². The van der Waals surface area contributed by atoms with E-state index in [2.05, 4.69) is 0 Å². The van der Waals surface area contributed by atoms with Crippen LogP contribution >= 0.6 is 0 Å². The van der Waals surface area contributed by atoms with E-state index in [0.29, 0.717) is 11.3 Å². The summed E-state index contributed by atoms with van der Waals surface area (Å²) < 4.78 is 10.9. The Kier molecular flexibility index (Phi) is 3.10. The fourth-order valence-corrected chi connectivity index (χ4v) is 2.46. The maximum Gasteiger partial charge on any atom is 0.270 e. The minimum Gasteiger partial charge on any atom is -0.497 e. The molecule has 0 fully saturated rings. The van der Waals surface area contributed by atoms with Crippen LogP contribution in [0.1, 0.15) is 5.76 Å². The highest BCUT2D eigenvalue weighted by atomic mass is 16.6. The first-order chi connectivity index (χ1) is 10.1. The van der Waals surface area contributed by atoms with Gasteiger partial charge in [0.05, 0.1) is 12.0 Å². The first-order valence-corrected chi connectivity index (χ1v) is 6.42. The Morgan fingerprint density at radius 1 is 1.19 bits per heavy atom. The fraction of sp³-hybridized carbons (Fsp3) is 0.125. The number of nitro benzene ring substituents is 1. The van der Waals surface area contributed by atoms with Crippen molar-refractivity contribution < 1.29 is 14.1 Å². The summed E-state index contributed by atoms with van der Waals surface area (Å²) in [5, 5.41) is 11.8. The van der Waals surface area contributed by atoms with Gasteiger partial charge in [-0.15, -0.1) is 0 Å². The van der Waals surface area contributed by atoms with Crippen LogP contribution in [-0.4, -0.2) is 12.0 Å². The van der Waals surface area contributed by atoms with Crippen molar-refractivity contribution in [2.75, 3.05) is 7.11 Å². The first-order valence-electron chi connectivity index (χ1n) is 6.42. The molecule has 0 aliphatic carbocycles. The van der Waals surface area contributed by atoms with E-state index in [1.807, 2.05) is 31.2 Å². The summed E-state index contributed by atoms with van der Waals surface area (Å²) in [5.41, 5.74) is 2.41. The summed E-state index contributed by atoms with van der Waals surface area (Å²) in [6, 6.07) is 12.1. The van der Waals surface area contributed by atoms with E-state index < -0.39 is 4.92 Å². The average Bonchev–Trinajstić information content (AvgIpc) is 2.82. The van der Waals surface area contributed by atoms with Crippen LogP contribution < -0.4 is 4.74 Å². The van der Waals surface area contributed by atoms with Gasteiger partial charge in [-0.25, -0.2) is 0 Å². The van der Waals surface area contributed by atoms with Crippen molar-refractivity contribution in [3.05, 3.63) is 58.3 Å². The van der Waals surface area contributed by atoms with Crippen molar-refractivity contribution in [1.29, 1.82) is 0 Å². The Morgan fingerprint density at radius 2 is 2.00 bits per heavy atom. The quantitative estimate of drug-likeness (QED) is 0.530. The zero-order chi connectivity index (χ0) is 15.0. The zero-order valence-electron chi connectivity index (χ0n) is 11.6. The fourth-order valence-electron chi connectivity index (χ4n) is 2.46. The molecule has 0 saturated heterocycles. The molecule has 5 nitrogen and oxygen atoms in total. The number of non-ortho nitro benzene ring substituents is 1. The molecule has 1 heterocycles. The Balaban J connectivity index is 2.22. The Bertz CT molecular complexity index is 835. The molecule has 0 spiro atoms. The van der Waals surface area contributed by atoms with Gasteiger partial charge in [-0.3, -0.25) is 10.1 Å². The largest absolute Gasteiger partial charge is 0.497 e. The van der Waals surface area contributed by atoms with E-state index in [1.165, 1.54) is 6.07 Å². The number of hydrogen-bond acceptors (Lipinski definition) is 4. The van der Waals surface area contributed by atoms with Gasteiger partial charge in [-0.05, 0) is 24.6 Å². The van der Waals surface area contributed by atoms with Gasteiger partial charge >= 0.3 is 0 Å². The molecular formula is C16H13NO4. The SMILES string of the molecule is COc1ccc2c(-c3cccc([N+](=O)[O-])c3)c(C)oc2c1. The van der Waals surface area contributed by atoms with E-state index in [9.17, 15) is 10.1 Å². The maximum atomic E-state index is 10.9. The predicted octanol–water partition coefficient (Wildman–Crippen LogP) is 4.33. The molecule has 5 heteroatoms. The third kappa shape index (κ3) is 2.23. The molecule has 21 heavy (non-hydrogen) atoms. The van der Waals surface area contributed by atoms with Crippen LogP contribution in [0.3, 0.4) is 0 Å². The monoisotopic (exact) mass is 283 g/mol. The lowest BCUT2D eigenvalue weighted by molar-refractivity contribution is -0.384. The van der Waals surface area contributed by atoms with Crippen LogP contribution in [-0.2, 0) is 0 Å². The summed E-state index contributed by atoms with van der Waals surface area (Å²) in [5.74, 6) is 1.43. The van der Waals surface area contributed by atoms with Crippen LogP contribution in [0.2, 0.25) is 0 Å². The minimum absolute atomic E-state index is 0.0646. The molecule has 0 bridgehead atoms. The van der Waals surface area contributed by atoms with E-state index in [4.69, 9.17) is 9.15 Å². The van der Waals surface area contributed by atoms with Crippen LogP contribution in [0.25, 0.3) is 22.1 Å². The number of nitro groups is 1. The number of benzene rings is 2. The zero-order valence-corrected chi connectivity index (χ0v) is 11.6. The van der Waals surface area contributed by atoms with Crippen molar-refractivity contribution in [3.8, 4) is 16.9 Å². The van der Waals surface area contributed by atoms with Gasteiger partial charge < -0.3 is 9.15 Å². The molecule has 0 saturated carbocycles. The molecule has 0 amide bonds. The number of aryl methyl sites for hydroxylation is 1. The highest BCUT2D eigenvalue weighted by molar-refractivity contribution is 5.96. The van der Waals surface area contributed by atoms with Crippen LogP contribution in [0.5, 0.6) is 5.75 Å². The molecular weight excluding hydrogens is 270 g/mol. The lowest BCUT2D eigenvalue weighted by Crippen LogP contribution is -1.88. The number of nitrogens with zero attached hydrogens (tertiary/aromatic N) is 1. The van der Waals surface area contributed by atoms with Crippen molar-refractivity contribution in [2.24, 2.45) is 0 Å². The molecule has 106 valence electrons. The second-order valence-electron chi connectivity index (χ2n) is 4.70. The third-order valence-corrected chi connectivity index (χ3v) is 3.42. The van der Waals surface area contributed by atoms with E-state index in [-0.39, 0.29) is 5.69 Å². The normalized spacial score (nSPS) is 10.8. The number of fused-ring (bicyclic) bond motifs is 1. The molecule has 1 aromatic heterocycles. The lowest BCUT2D eigenvalue weighted by Gasteiger charge is -2.01. The molecule has 3 rings (SSSR count). The van der Waals surface area contributed by atoms with Gasteiger partial charge in [0.15, 0.2) is 0 Å². The molecule has 0 aliphatic heterocycles. The summed E-state index contributed by atoms with van der Waals surface area (Å²) in [6.07, 6.45) is 0. The Morgan fingerprint density at radius 3 is 2.71 bits per heavy atom. The second-order valence-corrected chi connectivity index (χ2v) is 4.70. The molecule has 0 atom stereocenters. The highest BCUT2D eigenvalue weighted by Gasteiger charge is 2.16. The summed E-state index contributed by atoms with van der Waals surface area (Å²) in [4.78, 5) is 10.5. The number of ether oxygens (including phenoxy) is 1. The third-order valence-electron chi connectivity index (χ3n) is 3.42. The van der Waals surface area contributed by atoms with Crippen molar-refractivity contribution in [2.45, 2.75) is 6.92 Å². The van der Waals surface area contributed by atoms with Gasteiger partial charge in [-0.1, -0.05) is 12.1 Å². The molecule has 0 N–H and O–H groups in total. The van der Waals surface area contributed by atoms with Crippen molar-refractivity contribution in [3.63, 3.8) is 0 Å². The Labute approximate surface area is 120 Å². The van der Waals surface area contributed by atoms with Gasteiger partial charge in [0.1, 0.15) is 17.1 Å². The van der Waals surface area contributed by atoms with E-state index in [1.54, 1.807) is 19.2 Å². The highest BCUT2D eigenvalue weighted by Crippen LogP contribution is 2.37. The molecule has 0 unspecified atom stereocenters. The lowest BCUT2D eigenvalue weighted by atomic mass is 10.0. The predicted molar refractivity (Wildman–Crippen MR) is 79.6 cm³/mol. The van der Waals surface area contributed by atoms with Gasteiger partial charge in [0.25, 0.3) is 5.69 Å². The number of rotatable bonds is 3. The second kappa shape index (κ2) is 4.94. The standard InChI is InChI=1S/C16H13NO4/c1-10-16(11-4-3-5-12(8-11)17(18)19)14-7-6-13(20-2)9-15(14)21-10/h3-9H,1-2H3. The molecule has 2 aromatic carbocycles. The average molecular weight is 283 g/mol. The summed E-state index contributed by atoms with van der Waals surface area (Å²) >= 11 is 0. The topological polar surface area (TPSA) is 65.5 Å². The number of methoxy groups -OCH3 is 1. The van der Waals surface area contributed by atoms with Crippen molar-refractivity contribution >= 4 is 16.7 Å². The van der Waals surface area contributed by atoms with Gasteiger partial charge in [0, 0.05) is 29.1 Å². The summed E-state index contributed by atoms with van der Waals surface area (Å²) in [7, 11) is 1.60. The first kappa shape index (κ1) is 13.2.